The highest BCUT2D eigenvalue weighted by Gasteiger charge is 2.22. The van der Waals surface area contributed by atoms with Gasteiger partial charge in [-0.3, -0.25) is 0 Å². The van der Waals surface area contributed by atoms with Gasteiger partial charge in [-0.05, 0) is 54.0 Å². The molecule has 0 radical (unpaired) electrons. The molecule has 1 aliphatic rings. The number of aromatic nitrogens is 2. The summed E-state index contributed by atoms with van der Waals surface area (Å²) in [6.45, 7) is 0. The Labute approximate surface area is 162 Å². The SMILES string of the molecule is Fc1ccc(C(c2ccc(C3CCCC(Br)C3)cc2)n2ccnc2)cc1. The summed E-state index contributed by atoms with van der Waals surface area (Å²) in [6, 6.07) is 15.7. The van der Waals surface area contributed by atoms with Crippen molar-refractivity contribution < 1.29 is 4.39 Å². The van der Waals surface area contributed by atoms with Crippen LogP contribution in [0.3, 0.4) is 0 Å². The third kappa shape index (κ3) is 3.75. The van der Waals surface area contributed by atoms with Crippen molar-refractivity contribution in [2.75, 3.05) is 0 Å². The number of nitrogens with zero attached hydrogens (tertiary/aromatic N) is 2. The van der Waals surface area contributed by atoms with Crippen LogP contribution in [-0.2, 0) is 0 Å². The zero-order chi connectivity index (χ0) is 17.9. The Morgan fingerprint density at radius 1 is 1.00 bits per heavy atom. The van der Waals surface area contributed by atoms with E-state index in [0.717, 1.165) is 5.56 Å². The Hall–Kier alpha value is -1.94. The highest BCUT2D eigenvalue weighted by Crippen LogP contribution is 2.37. The third-order valence-corrected chi connectivity index (χ3v) is 6.17. The lowest BCUT2D eigenvalue weighted by Crippen LogP contribution is -2.14. The molecule has 1 fully saturated rings. The molecule has 0 aliphatic heterocycles. The maximum atomic E-state index is 13.4. The van der Waals surface area contributed by atoms with Crippen LogP contribution in [0.2, 0.25) is 0 Å². The summed E-state index contributed by atoms with van der Waals surface area (Å²) < 4.78 is 15.4. The second-order valence-corrected chi connectivity index (χ2v) is 8.39. The van der Waals surface area contributed by atoms with E-state index in [0.29, 0.717) is 10.7 Å². The number of alkyl halides is 1. The summed E-state index contributed by atoms with van der Waals surface area (Å²) >= 11 is 3.79. The molecule has 4 rings (SSSR count). The van der Waals surface area contributed by atoms with Crippen molar-refractivity contribution in [2.45, 2.75) is 42.5 Å². The molecular weight excluding hydrogens is 391 g/mol. The van der Waals surface area contributed by atoms with Crippen LogP contribution in [0.1, 0.15) is 54.3 Å². The van der Waals surface area contributed by atoms with Gasteiger partial charge in [0.05, 0.1) is 12.4 Å². The molecule has 2 nitrogen and oxygen atoms in total. The van der Waals surface area contributed by atoms with E-state index >= 15 is 0 Å². The third-order valence-electron chi connectivity index (χ3n) is 5.34. The van der Waals surface area contributed by atoms with Crippen LogP contribution in [0, 0.1) is 5.82 Å². The van der Waals surface area contributed by atoms with E-state index in [2.05, 4.69) is 49.7 Å². The first-order valence-electron chi connectivity index (χ1n) is 9.17. The summed E-state index contributed by atoms with van der Waals surface area (Å²) in [5.41, 5.74) is 3.65. The maximum absolute atomic E-state index is 13.4. The zero-order valence-corrected chi connectivity index (χ0v) is 16.1. The molecule has 4 heteroatoms. The lowest BCUT2D eigenvalue weighted by atomic mass is 9.83. The van der Waals surface area contributed by atoms with Gasteiger partial charge >= 0.3 is 0 Å². The summed E-state index contributed by atoms with van der Waals surface area (Å²) in [5, 5.41) is 0. The van der Waals surface area contributed by atoms with Crippen LogP contribution in [0.4, 0.5) is 4.39 Å². The van der Waals surface area contributed by atoms with Crippen LogP contribution < -0.4 is 0 Å². The van der Waals surface area contributed by atoms with Crippen LogP contribution in [0.25, 0.3) is 0 Å². The summed E-state index contributed by atoms with van der Waals surface area (Å²) in [6.07, 6.45) is 10.6. The minimum absolute atomic E-state index is 0.00225. The van der Waals surface area contributed by atoms with Gasteiger partial charge < -0.3 is 4.57 Å². The van der Waals surface area contributed by atoms with Gasteiger partial charge in [-0.1, -0.05) is 58.7 Å². The van der Waals surface area contributed by atoms with E-state index in [1.165, 1.54) is 48.9 Å². The maximum Gasteiger partial charge on any atom is 0.123 e. The number of rotatable bonds is 4. The fourth-order valence-electron chi connectivity index (χ4n) is 3.99. The van der Waals surface area contributed by atoms with Gasteiger partial charge in [0.1, 0.15) is 5.82 Å². The molecule has 1 aromatic heterocycles. The number of halogens is 2. The average Bonchev–Trinajstić information content (AvgIpc) is 3.18. The minimum atomic E-state index is -0.213. The molecule has 1 saturated carbocycles. The smallest absolute Gasteiger partial charge is 0.123 e. The number of hydrogen-bond donors (Lipinski definition) is 0. The molecule has 0 amide bonds. The van der Waals surface area contributed by atoms with Crippen molar-refractivity contribution in [1.29, 1.82) is 0 Å². The molecule has 1 aliphatic carbocycles. The van der Waals surface area contributed by atoms with Gasteiger partial charge in [0.25, 0.3) is 0 Å². The lowest BCUT2D eigenvalue weighted by molar-refractivity contribution is 0.458. The molecule has 0 bridgehead atoms. The van der Waals surface area contributed by atoms with Gasteiger partial charge in [0, 0.05) is 17.2 Å². The van der Waals surface area contributed by atoms with Crippen molar-refractivity contribution in [3.8, 4) is 0 Å². The Balaban J connectivity index is 1.65. The van der Waals surface area contributed by atoms with Crippen molar-refractivity contribution in [3.63, 3.8) is 0 Å². The second-order valence-electron chi connectivity index (χ2n) is 7.09. The van der Waals surface area contributed by atoms with E-state index in [1.54, 1.807) is 6.20 Å². The fraction of sp³-hybridized carbons (Fsp3) is 0.318. The van der Waals surface area contributed by atoms with E-state index < -0.39 is 0 Å². The second kappa shape index (κ2) is 7.75. The molecular formula is C22H22BrFN2. The van der Waals surface area contributed by atoms with E-state index in [1.807, 2.05) is 24.7 Å². The monoisotopic (exact) mass is 412 g/mol. The molecule has 0 N–H and O–H groups in total. The predicted molar refractivity (Wildman–Crippen MR) is 106 cm³/mol. The van der Waals surface area contributed by atoms with Crippen LogP contribution >= 0.6 is 15.9 Å². The van der Waals surface area contributed by atoms with Gasteiger partial charge in [0.15, 0.2) is 0 Å². The summed E-state index contributed by atoms with van der Waals surface area (Å²) in [5.74, 6) is 0.426. The Morgan fingerprint density at radius 3 is 2.31 bits per heavy atom. The van der Waals surface area contributed by atoms with Crippen molar-refractivity contribution in [3.05, 3.63) is 89.8 Å². The Bertz CT molecular complexity index is 828. The van der Waals surface area contributed by atoms with Crippen molar-refractivity contribution in [2.24, 2.45) is 0 Å². The first-order chi connectivity index (χ1) is 12.7. The van der Waals surface area contributed by atoms with Crippen LogP contribution in [0.5, 0.6) is 0 Å². The first kappa shape index (κ1) is 17.5. The Morgan fingerprint density at radius 2 is 1.69 bits per heavy atom. The van der Waals surface area contributed by atoms with Gasteiger partial charge in [-0.2, -0.15) is 0 Å². The number of hydrogen-bond acceptors (Lipinski definition) is 1. The molecule has 1 heterocycles. The van der Waals surface area contributed by atoms with Gasteiger partial charge in [-0.15, -0.1) is 0 Å². The van der Waals surface area contributed by atoms with Crippen LogP contribution in [0.15, 0.2) is 67.3 Å². The molecule has 3 atom stereocenters. The normalized spacial score (nSPS) is 21.5. The topological polar surface area (TPSA) is 17.8 Å². The first-order valence-corrected chi connectivity index (χ1v) is 10.1. The summed E-state index contributed by atoms with van der Waals surface area (Å²) in [4.78, 5) is 4.83. The largest absolute Gasteiger partial charge is 0.326 e. The fourth-order valence-corrected chi connectivity index (χ4v) is 4.76. The minimum Gasteiger partial charge on any atom is -0.326 e. The highest BCUT2D eigenvalue weighted by atomic mass is 79.9. The molecule has 0 saturated heterocycles. The van der Waals surface area contributed by atoms with Gasteiger partial charge in [0.2, 0.25) is 0 Å². The molecule has 0 spiro atoms. The molecule has 134 valence electrons. The molecule has 2 aromatic carbocycles. The van der Waals surface area contributed by atoms with E-state index in [4.69, 9.17) is 0 Å². The molecule has 3 unspecified atom stereocenters. The quantitative estimate of drug-likeness (QED) is 0.474. The zero-order valence-electron chi connectivity index (χ0n) is 14.6. The van der Waals surface area contributed by atoms with Crippen molar-refractivity contribution >= 4 is 15.9 Å². The predicted octanol–water partition coefficient (Wildman–Crippen LogP) is 6.08. The van der Waals surface area contributed by atoms with E-state index in [-0.39, 0.29) is 11.9 Å². The molecule has 26 heavy (non-hydrogen) atoms. The standard InChI is InChI=1S/C22H22BrFN2/c23-20-3-1-2-19(14-20)16-4-6-17(7-5-16)22(26-13-12-25-15-26)18-8-10-21(24)11-9-18/h4-13,15,19-20,22H,1-3,14H2. The highest BCUT2D eigenvalue weighted by molar-refractivity contribution is 9.09. The Kier molecular flexibility index (Phi) is 5.21. The van der Waals surface area contributed by atoms with E-state index in [9.17, 15) is 4.39 Å². The average molecular weight is 413 g/mol. The molecule has 3 aromatic rings. The van der Waals surface area contributed by atoms with Gasteiger partial charge in [-0.25, -0.2) is 9.37 Å². The lowest BCUT2D eigenvalue weighted by Gasteiger charge is -2.26. The van der Waals surface area contributed by atoms with Crippen LogP contribution in [-0.4, -0.2) is 14.4 Å². The number of benzene rings is 2. The number of imidazole rings is 1. The summed E-state index contributed by atoms with van der Waals surface area (Å²) in [7, 11) is 0. The van der Waals surface area contributed by atoms with Crippen molar-refractivity contribution in [1.82, 2.24) is 9.55 Å².